The molecular weight excluding hydrogens is 328 g/mol. The number of ether oxygens (including phenoxy) is 1. The highest BCUT2D eigenvalue weighted by atomic mass is 16.6. The smallest absolute Gasteiger partial charge is 0.315 e. The quantitative estimate of drug-likeness (QED) is 0.317. The molecule has 1 amide bonds. The van der Waals surface area contributed by atoms with E-state index in [2.05, 4.69) is 10.5 Å². The number of aromatic hydroxyl groups is 1. The minimum atomic E-state index is -0.738. The number of rotatable bonds is 6. The third-order valence-electron chi connectivity index (χ3n) is 3.16. The number of nitrogen functional groups attached to an aromatic ring is 1. The second-order valence-corrected chi connectivity index (χ2v) is 4.86. The van der Waals surface area contributed by atoms with Gasteiger partial charge in [-0.05, 0) is 25.1 Å². The Hall–Kier alpha value is -3.62. The van der Waals surface area contributed by atoms with Gasteiger partial charge in [-0.15, -0.1) is 0 Å². The number of phenolic OH excluding ortho intramolecular Hbond substituents is 1. The predicted molar refractivity (Wildman–Crippen MR) is 91.8 cm³/mol. The fourth-order valence-electron chi connectivity index (χ4n) is 2.02. The molecule has 9 heteroatoms. The van der Waals surface area contributed by atoms with Gasteiger partial charge < -0.3 is 15.6 Å². The number of para-hydroxylation sites is 1. The number of carbonyl (C=O) groups excluding carboxylic acids is 1. The van der Waals surface area contributed by atoms with Gasteiger partial charge in [-0.25, -0.2) is 5.43 Å². The van der Waals surface area contributed by atoms with Crippen LogP contribution in [0.15, 0.2) is 41.5 Å². The van der Waals surface area contributed by atoms with E-state index in [9.17, 15) is 20.0 Å². The van der Waals surface area contributed by atoms with Crippen LogP contribution in [0.4, 0.5) is 11.4 Å². The Kier molecular flexibility index (Phi) is 5.51. The van der Waals surface area contributed by atoms with Gasteiger partial charge in [0.25, 0.3) is 5.91 Å². The number of hydrogen-bond acceptors (Lipinski definition) is 7. The molecule has 0 aliphatic rings. The summed E-state index contributed by atoms with van der Waals surface area (Å²) in [5, 5.41) is 24.6. The highest BCUT2D eigenvalue weighted by molar-refractivity contribution is 5.99. The first-order valence-corrected chi connectivity index (χ1v) is 7.26. The van der Waals surface area contributed by atoms with Gasteiger partial charge in [0.1, 0.15) is 0 Å². The van der Waals surface area contributed by atoms with Crippen LogP contribution in [0.1, 0.15) is 22.8 Å². The standard InChI is InChI=1S/C16H16N4O5/c1-2-25-14-8-10(7-13(15(14)21)20(23)24)9-18-19-16(22)11-5-3-4-6-12(11)17/h3-9,21H,2,17H2,1H3,(H,19,22)/b18-9-. The maximum absolute atomic E-state index is 12.0. The van der Waals surface area contributed by atoms with Crippen LogP contribution in [0.5, 0.6) is 11.5 Å². The highest BCUT2D eigenvalue weighted by Gasteiger charge is 2.19. The fraction of sp³-hybridized carbons (Fsp3) is 0.125. The number of carbonyl (C=O) groups is 1. The summed E-state index contributed by atoms with van der Waals surface area (Å²) in [7, 11) is 0. The van der Waals surface area contributed by atoms with Crippen LogP contribution in [0.25, 0.3) is 0 Å². The summed E-state index contributed by atoms with van der Waals surface area (Å²) in [5.74, 6) is -1.13. The van der Waals surface area contributed by atoms with Crippen LogP contribution >= 0.6 is 0 Å². The zero-order valence-corrected chi connectivity index (χ0v) is 13.3. The van der Waals surface area contributed by atoms with Crippen molar-refractivity contribution in [2.75, 3.05) is 12.3 Å². The summed E-state index contributed by atoms with van der Waals surface area (Å²) >= 11 is 0. The number of nitrogens with zero attached hydrogens (tertiary/aromatic N) is 2. The van der Waals surface area contributed by atoms with Gasteiger partial charge in [-0.3, -0.25) is 14.9 Å². The van der Waals surface area contributed by atoms with Gasteiger partial charge in [0.05, 0.1) is 23.3 Å². The van der Waals surface area contributed by atoms with Crippen molar-refractivity contribution < 1.29 is 19.6 Å². The Balaban J connectivity index is 2.21. The van der Waals surface area contributed by atoms with E-state index in [4.69, 9.17) is 10.5 Å². The van der Waals surface area contributed by atoms with Crippen molar-refractivity contribution in [1.29, 1.82) is 0 Å². The monoisotopic (exact) mass is 344 g/mol. The number of benzene rings is 2. The zero-order chi connectivity index (χ0) is 18.4. The van der Waals surface area contributed by atoms with Crippen LogP contribution in [-0.4, -0.2) is 28.8 Å². The van der Waals surface area contributed by atoms with Crippen molar-refractivity contribution in [3.63, 3.8) is 0 Å². The number of phenols is 1. The topological polar surface area (TPSA) is 140 Å². The van der Waals surface area contributed by atoms with Crippen molar-refractivity contribution in [2.24, 2.45) is 5.10 Å². The van der Waals surface area contributed by atoms with Gasteiger partial charge in [0.2, 0.25) is 5.75 Å². The normalized spacial score (nSPS) is 10.6. The van der Waals surface area contributed by atoms with E-state index >= 15 is 0 Å². The Labute approximate surface area is 142 Å². The molecule has 130 valence electrons. The number of nitrogens with two attached hydrogens (primary N) is 1. The number of hydrazone groups is 1. The van der Waals surface area contributed by atoms with Crippen molar-refractivity contribution >= 4 is 23.5 Å². The molecular formula is C16H16N4O5. The van der Waals surface area contributed by atoms with Crippen LogP contribution in [0.3, 0.4) is 0 Å². The molecule has 0 aliphatic heterocycles. The number of nitro benzene ring substituents is 1. The molecule has 0 radical (unpaired) electrons. The van der Waals surface area contributed by atoms with E-state index in [1.165, 1.54) is 12.3 Å². The molecule has 0 bridgehead atoms. The number of amides is 1. The second-order valence-electron chi connectivity index (χ2n) is 4.86. The maximum atomic E-state index is 12.0. The van der Waals surface area contributed by atoms with E-state index in [1.807, 2.05) is 0 Å². The highest BCUT2D eigenvalue weighted by Crippen LogP contribution is 2.36. The largest absolute Gasteiger partial charge is 0.500 e. The van der Waals surface area contributed by atoms with E-state index in [-0.39, 0.29) is 23.5 Å². The number of nitro groups is 1. The van der Waals surface area contributed by atoms with Gasteiger partial charge in [-0.2, -0.15) is 5.10 Å². The molecule has 0 aromatic heterocycles. The summed E-state index contributed by atoms with van der Waals surface area (Å²) in [5.41, 5.74) is 8.28. The molecule has 0 unspecified atom stereocenters. The van der Waals surface area contributed by atoms with E-state index < -0.39 is 22.3 Å². The zero-order valence-electron chi connectivity index (χ0n) is 13.3. The van der Waals surface area contributed by atoms with Crippen LogP contribution in [0.2, 0.25) is 0 Å². The average molecular weight is 344 g/mol. The number of hydrogen-bond donors (Lipinski definition) is 3. The molecule has 0 aliphatic carbocycles. The van der Waals surface area contributed by atoms with Crippen LogP contribution in [0, 0.1) is 10.1 Å². The summed E-state index contributed by atoms with van der Waals surface area (Å²) in [6, 6.07) is 8.96. The Morgan fingerprint density at radius 2 is 2.16 bits per heavy atom. The first-order chi connectivity index (χ1) is 11.9. The number of anilines is 1. The molecule has 0 atom stereocenters. The fourth-order valence-corrected chi connectivity index (χ4v) is 2.02. The molecule has 2 aromatic carbocycles. The van der Waals surface area contributed by atoms with E-state index in [0.29, 0.717) is 5.69 Å². The number of nitrogens with one attached hydrogen (secondary N) is 1. The second kappa shape index (κ2) is 7.77. The van der Waals surface area contributed by atoms with E-state index in [0.717, 1.165) is 6.07 Å². The molecule has 2 rings (SSSR count). The molecule has 2 aromatic rings. The minimum Gasteiger partial charge on any atom is -0.500 e. The van der Waals surface area contributed by atoms with Crippen molar-refractivity contribution in [2.45, 2.75) is 6.92 Å². The average Bonchev–Trinajstić information content (AvgIpc) is 2.57. The predicted octanol–water partition coefficient (Wildman–Crippen LogP) is 2.05. The summed E-state index contributed by atoms with van der Waals surface area (Å²) in [4.78, 5) is 22.2. The van der Waals surface area contributed by atoms with Crippen LogP contribution < -0.4 is 15.9 Å². The van der Waals surface area contributed by atoms with Crippen molar-refractivity contribution in [3.8, 4) is 11.5 Å². The summed E-state index contributed by atoms with van der Waals surface area (Å²) in [6.07, 6.45) is 1.20. The van der Waals surface area contributed by atoms with Gasteiger partial charge in [0, 0.05) is 17.3 Å². The SMILES string of the molecule is CCOc1cc(/C=N\NC(=O)c2ccccc2N)cc([N+](=O)[O-])c1O. The first kappa shape index (κ1) is 17.7. The van der Waals surface area contributed by atoms with Gasteiger partial charge >= 0.3 is 5.69 Å². The first-order valence-electron chi connectivity index (χ1n) is 7.26. The van der Waals surface area contributed by atoms with Gasteiger partial charge in [0.15, 0.2) is 5.75 Å². The molecule has 4 N–H and O–H groups in total. The van der Waals surface area contributed by atoms with Crippen LogP contribution in [-0.2, 0) is 0 Å². The molecule has 0 saturated carbocycles. The Morgan fingerprint density at radius 3 is 2.80 bits per heavy atom. The summed E-state index contributed by atoms with van der Waals surface area (Å²) < 4.78 is 5.16. The minimum absolute atomic E-state index is 0.0446. The lowest BCUT2D eigenvalue weighted by Gasteiger charge is -2.07. The third-order valence-corrected chi connectivity index (χ3v) is 3.16. The molecule has 25 heavy (non-hydrogen) atoms. The maximum Gasteiger partial charge on any atom is 0.315 e. The molecule has 0 saturated heterocycles. The lowest BCUT2D eigenvalue weighted by molar-refractivity contribution is -0.386. The van der Waals surface area contributed by atoms with E-state index in [1.54, 1.807) is 31.2 Å². The molecule has 9 nitrogen and oxygen atoms in total. The lowest BCUT2D eigenvalue weighted by Crippen LogP contribution is -2.19. The Bertz CT molecular complexity index is 835. The van der Waals surface area contributed by atoms with Gasteiger partial charge in [-0.1, -0.05) is 12.1 Å². The van der Waals surface area contributed by atoms with Crippen molar-refractivity contribution in [1.82, 2.24) is 5.43 Å². The molecule has 0 spiro atoms. The summed E-state index contributed by atoms with van der Waals surface area (Å²) in [6.45, 7) is 1.89. The lowest BCUT2D eigenvalue weighted by atomic mass is 10.2. The Morgan fingerprint density at radius 1 is 1.44 bits per heavy atom. The molecule has 0 heterocycles. The molecule has 0 fully saturated rings. The van der Waals surface area contributed by atoms with Crippen molar-refractivity contribution in [3.05, 3.63) is 57.6 Å². The third kappa shape index (κ3) is 4.22.